The second kappa shape index (κ2) is 8.77. The van der Waals surface area contributed by atoms with E-state index in [-0.39, 0.29) is 5.91 Å². The van der Waals surface area contributed by atoms with E-state index < -0.39 is 0 Å². The first-order valence-corrected chi connectivity index (χ1v) is 9.13. The van der Waals surface area contributed by atoms with Gasteiger partial charge in [-0.3, -0.25) is 4.79 Å². The van der Waals surface area contributed by atoms with Crippen molar-refractivity contribution >= 4 is 5.91 Å². The molecule has 1 aliphatic heterocycles. The summed E-state index contributed by atoms with van der Waals surface area (Å²) in [6.45, 7) is 4.15. The quantitative estimate of drug-likeness (QED) is 0.831. The van der Waals surface area contributed by atoms with Crippen molar-refractivity contribution in [2.24, 2.45) is 0 Å². The van der Waals surface area contributed by atoms with E-state index in [4.69, 9.17) is 14.2 Å². The molecule has 3 rings (SSSR count). The molecule has 27 heavy (non-hydrogen) atoms. The van der Waals surface area contributed by atoms with Gasteiger partial charge in [0, 0.05) is 5.56 Å². The lowest BCUT2D eigenvalue weighted by Crippen LogP contribution is -3.13. The fraction of sp³-hybridized carbons (Fsp3) is 0.381. The van der Waals surface area contributed by atoms with Gasteiger partial charge >= 0.3 is 0 Å². The minimum absolute atomic E-state index is 0.0373. The molecule has 1 aliphatic rings. The Labute approximate surface area is 160 Å². The molecule has 2 aromatic rings. The van der Waals surface area contributed by atoms with Crippen LogP contribution in [0.5, 0.6) is 17.2 Å². The molecule has 0 aliphatic carbocycles. The highest BCUT2D eigenvalue weighted by atomic mass is 16.5. The summed E-state index contributed by atoms with van der Waals surface area (Å²) >= 11 is 0. The molecule has 1 heterocycles. The smallest absolute Gasteiger partial charge is 0.261 e. The highest BCUT2D eigenvalue weighted by Crippen LogP contribution is 2.29. The van der Waals surface area contributed by atoms with Crippen LogP contribution in [0.2, 0.25) is 0 Å². The van der Waals surface area contributed by atoms with Crippen molar-refractivity contribution in [3.63, 3.8) is 0 Å². The van der Waals surface area contributed by atoms with E-state index in [1.54, 1.807) is 33.5 Å². The third kappa shape index (κ3) is 4.34. The van der Waals surface area contributed by atoms with Gasteiger partial charge in [-0.25, -0.2) is 0 Å². The van der Waals surface area contributed by atoms with Crippen molar-refractivity contribution in [1.29, 1.82) is 0 Å². The average molecular weight is 371 g/mol. The van der Waals surface area contributed by atoms with E-state index in [9.17, 15) is 4.79 Å². The lowest BCUT2D eigenvalue weighted by atomic mass is 10.1. The lowest BCUT2D eigenvalue weighted by Gasteiger charge is -2.32. The summed E-state index contributed by atoms with van der Waals surface area (Å²) in [6, 6.07) is 13.6. The predicted octanol–water partition coefficient (Wildman–Crippen LogP) is 1.25. The number of hydrogen-bond donors (Lipinski definition) is 1. The maximum atomic E-state index is 13.0. The largest absolute Gasteiger partial charge is 0.497 e. The van der Waals surface area contributed by atoms with Gasteiger partial charge in [0.15, 0.2) is 0 Å². The van der Waals surface area contributed by atoms with Crippen molar-refractivity contribution in [1.82, 2.24) is 4.90 Å². The first kappa shape index (κ1) is 19.0. The Kier molecular flexibility index (Phi) is 6.19. The van der Waals surface area contributed by atoms with Crippen LogP contribution in [0.15, 0.2) is 42.5 Å². The van der Waals surface area contributed by atoms with Crippen LogP contribution in [0.3, 0.4) is 0 Å². The lowest BCUT2D eigenvalue weighted by molar-refractivity contribution is -0.917. The Balaban J connectivity index is 1.64. The van der Waals surface area contributed by atoms with Gasteiger partial charge in [-0.05, 0) is 24.3 Å². The van der Waals surface area contributed by atoms with Gasteiger partial charge in [0.05, 0.1) is 47.5 Å². The normalized spacial score (nSPS) is 14.7. The summed E-state index contributed by atoms with van der Waals surface area (Å²) in [4.78, 5) is 16.4. The van der Waals surface area contributed by atoms with Crippen LogP contribution < -0.4 is 19.1 Å². The Morgan fingerprint density at radius 1 is 0.963 bits per heavy atom. The zero-order valence-electron chi connectivity index (χ0n) is 16.2. The topological polar surface area (TPSA) is 52.4 Å². The highest BCUT2D eigenvalue weighted by molar-refractivity contribution is 5.99. The molecule has 0 bridgehead atoms. The average Bonchev–Trinajstić information content (AvgIpc) is 2.73. The summed E-state index contributed by atoms with van der Waals surface area (Å²) in [5, 5.41) is 0. The minimum atomic E-state index is -0.0373. The third-order valence-electron chi connectivity index (χ3n) is 4.99. The van der Waals surface area contributed by atoms with Gasteiger partial charge in [-0.1, -0.05) is 18.2 Å². The molecule has 1 fully saturated rings. The van der Waals surface area contributed by atoms with E-state index in [1.165, 1.54) is 10.5 Å². The molecule has 144 valence electrons. The van der Waals surface area contributed by atoms with Crippen LogP contribution in [0.25, 0.3) is 0 Å². The second-order valence-corrected chi connectivity index (χ2v) is 6.61. The van der Waals surface area contributed by atoms with Crippen molar-refractivity contribution in [2.45, 2.75) is 6.54 Å². The molecule has 6 nitrogen and oxygen atoms in total. The Morgan fingerprint density at radius 2 is 1.59 bits per heavy atom. The Hall–Kier alpha value is -2.73. The molecule has 0 spiro atoms. The van der Waals surface area contributed by atoms with E-state index >= 15 is 0 Å². The number of carbonyl (C=O) groups excluding carboxylic acids is 1. The van der Waals surface area contributed by atoms with E-state index in [1.807, 2.05) is 23.1 Å². The number of piperazine rings is 1. The molecule has 0 unspecified atom stereocenters. The van der Waals surface area contributed by atoms with Gasteiger partial charge in [-0.15, -0.1) is 0 Å². The van der Waals surface area contributed by atoms with Crippen LogP contribution in [0.4, 0.5) is 0 Å². The monoisotopic (exact) mass is 371 g/mol. The van der Waals surface area contributed by atoms with Crippen molar-refractivity contribution in [3.8, 4) is 17.2 Å². The SMILES string of the molecule is COc1cccc(C[NH+]2CCN(C(=O)c3c(OC)cccc3OC)CC2)c1. The number of ether oxygens (including phenoxy) is 3. The Bertz CT molecular complexity index is 763. The first-order valence-electron chi connectivity index (χ1n) is 9.13. The standard InChI is InChI=1S/C21H26N2O4/c1-25-17-7-4-6-16(14-17)15-22-10-12-23(13-11-22)21(24)20-18(26-2)8-5-9-19(20)27-3/h4-9,14H,10-13,15H2,1-3H3/p+1. The zero-order valence-corrected chi connectivity index (χ0v) is 16.2. The van der Waals surface area contributed by atoms with Gasteiger partial charge in [-0.2, -0.15) is 0 Å². The first-order chi connectivity index (χ1) is 13.2. The van der Waals surface area contributed by atoms with Gasteiger partial charge in [0.2, 0.25) is 0 Å². The molecule has 1 N–H and O–H groups in total. The summed E-state index contributed by atoms with van der Waals surface area (Å²) in [7, 11) is 4.83. The van der Waals surface area contributed by atoms with E-state index in [2.05, 4.69) is 12.1 Å². The summed E-state index contributed by atoms with van der Waals surface area (Å²) in [5.41, 5.74) is 1.74. The maximum absolute atomic E-state index is 13.0. The molecular weight excluding hydrogens is 344 g/mol. The molecule has 1 saturated heterocycles. The molecular formula is C21H27N2O4+. The van der Waals surface area contributed by atoms with Crippen LogP contribution in [0, 0.1) is 0 Å². The van der Waals surface area contributed by atoms with E-state index in [0.717, 1.165) is 25.4 Å². The van der Waals surface area contributed by atoms with Crippen LogP contribution in [-0.4, -0.2) is 58.3 Å². The van der Waals surface area contributed by atoms with Gasteiger partial charge in [0.25, 0.3) is 5.91 Å². The molecule has 0 saturated carbocycles. The Morgan fingerprint density at radius 3 is 2.19 bits per heavy atom. The number of quaternary nitrogens is 1. The molecule has 1 amide bonds. The summed E-state index contributed by atoms with van der Waals surface area (Å²) in [6.07, 6.45) is 0. The molecule has 0 radical (unpaired) electrons. The predicted molar refractivity (Wildman–Crippen MR) is 103 cm³/mol. The fourth-order valence-corrected chi connectivity index (χ4v) is 3.49. The van der Waals surface area contributed by atoms with E-state index in [0.29, 0.717) is 30.2 Å². The number of nitrogens with zero attached hydrogens (tertiary/aromatic N) is 1. The van der Waals surface area contributed by atoms with Crippen molar-refractivity contribution < 1.29 is 23.9 Å². The molecule has 6 heteroatoms. The highest BCUT2D eigenvalue weighted by Gasteiger charge is 2.28. The van der Waals surface area contributed by atoms with Gasteiger partial charge < -0.3 is 24.0 Å². The summed E-state index contributed by atoms with van der Waals surface area (Å²) in [5.74, 6) is 1.93. The number of hydrogen-bond acceptors (Lipinski definition) is 4. The van der Waals surface area contributed by atoms with Crippen LogP contribution >= 0.6 is 0 Å². The minimum Gasteiger partial charge on any atom is -0.497 e. The second-order valence-electron chi connectivity index (χ2n) is 6.61. The number of amides is 1. The molecule has 2 aromatic carbocycles. The number of methoxy groups -OCH3 is 3. The van der Waals surface area contributed by atoms with Gasteiger partial charge in [0.1, 0.15) is 29.4 Å². The van der Waals surface area contributed by atoms with Crippen molar-refractivity contribution in [3.05, 3.63) is 53.6 Å². The fourth-order valence-electron chi connectivity index (χ4n) is 3.49. The number of rotatable bonds is 6. The van der Waals surface area contributed by atoms with Crippen LogP contribution in [0.1, 0.15) is 15.9 Å². The molecule has 0 atom stereocenters. The summed E-state index contributed by atoms with van der Waals surface area (Å²) < 4.78 is 16.1. The molecule has 0 aromatic heterocycles. The number of carbonyl (C=O) groups is 1. The van der Waals surface area contributed by atoms with Crippen LogP contribution in [-0.2, 0) is 6.54 Å². The zero-order chi connectivity index (χ0) is 19.2. The number of nitrogens with one attached hydrogen (secondary N) is 1. The third-order valence-corrected chi connectivity index (χ3v) is 4.99. The van der Waals surface area contributed by atoms with Crippen molar-refractivity contribution in [2.75, 3.05) is 47.5 Å². The number of benzene rings is 2. The maximum Gasteiger partial charge on any atom is 0.261 e.